The lowest BCUT2D eigenvalue weighted by Gasteiger charge is -2.14. The smallest absolute Gasteiger partial charge is 0.358 e. The quantitative estimate of drug-likeness (QED) is 0.770. The first-order valence-corrected chi connectivity index (χ1v) is 8.47. The molecule has 2 aromatic rings. The van der Waals surface area contributed by atoms with Gasteiger partial charge in [0, 0.05) is 10.9 Å². The number of hydrogen-bond acceptors (Lipinski definition) is 6. The molecule has 1 atom stereocenters. The van der Waals surface area contributed by atoms with Gasteiger partial charge in [0.25, 0.3) is 0 Å². The summed E-state index contributed by atoms with van der Waals surface area (Å²) in [5.74, 6) is 1.54. The van der Waals surface area contributed by atoms with Crippen LogP contribution in [0.25, 0.3) is 10.6 Å². The first-order chi connectivity index (χ1) is 11.0. The van der Waals surface area contributed by atoms with E-state index in [9.17, 15) is 4.79 Å². The summed E-state index contributed by atoms with van der Waals surface area (Å²) >= 11 is 1.41. The topological polar surface area (TPSA) is 57.7 Å². The summed E-state index contributed by atoms with van der Waals surface area (Å²) in [5.41, 5.74) is 1.24. The van der Waals surface area contributed by atoms with E-state index >= 15 is 0 Å². The van der Waals surface area contributed by atoms with E-state index in [4.69, 9.17) is 14.2 Å². The predicted molar refractivity (Wildman–Crippen MR) is 88.0 cm³/mol. The predicted octanol–water partition coefficient (Wildman–Crippen LogP) is 4.13. The molecule has 0 amide bonds. The number of aromatic nitrogens is 1. The van der Waals surface area contributed by atoms with Gasteiger partial charge in [0.1, 0.15) is 5.01 Å². The number of carbonyl (C=O) groups is 1. The summed E-state index contributed by atoms with van der Waals surface area (Å²) in [7, 11) is 0. The lowest BCUT2D eigenvalue weighted by molar-refractivity contribution is 0.0294. The molecule has 1 unspecified atom stereocenters. The van der Waals surface area contributed by atoms with Crippen molar-refractivity contribution < 1.29 is 19.0 Å². The van der Waals surface area contributed by atoms with Gasteiger partial charge in [0.05, 0.1) is 6.10 Å². The summed E-state index contributed by atoms with van der Waals surface area (Å²) in [5, 5.41) is 2.48. The molecule has 1 aliphatic rings. The Morgan fingerprint density at radius 2 is 2.09 bits per heavy atom. The maximum absolute atomic E-state index is 12.1. The second-order valence-corrected chi connectivity index (χ2v) is 6.81. The van der Waals surface area contributed by atoms with Crippen LogP contribution >= 0.6 is 11.3 Å². The van der Waals surface area contributed by atoms with Crippen molar-refractivity contribution in [3.8, 4) is 22.1 Å². The van der Waals surface area contributed by atoms with E-state index in [0.717, 1.165) is 22.7 Å². The Kier molecular flexibility index (Phi) is 4.52. The highest BCUT2D eigenvalue weighted by molar-refractivity contribution is 7.13. The number of fused-ring (bicyclic) bond motifs is 1. The number of benzene rings is 1. The van der Waals surface area contributed by atoms with Crippen LogP contribution in [0.15, 0.2) is 23.6 Å². The molecule has 2 heterocycles. The van der Waals surface area contributed by atoms with E-state index in [1.54, 1.807) is 5.38 Å². The first kappa shape index (κ1) is 15.8. The highest BCUT2D eigenvalue weighted by atomic mass is 32.1. The minimum Gasteiger partial charge on any atom is -0.458 e. The van der Waals surface area contributed by atoms with E-state index in [1.165, 1.54) is 11.3 Å². The van der Waals surface area contributed by atoms with Gasteiger partial charge in [-0.1, -0.05) is 13.8 Å². The molecule has 6 heteroatoms. The van der Waals surface area contributed by atoms with E-state index < -0.39 is 0 Å². The molecule has 0 spiro atoms. The molecular formula is C17H19NO4S. The number of carbonyl (C=O) groups excluding carboxylic acids is 1. The maximum atomic E-state index is 12.1. The fraction of sp³-hybridized carbons (Fsp3) is 0.412. The Labute approximate surface area is 139 Å². The summed E-state index contributed by atoms with van der Waals surface area (Å²) in [6.07, 6.45) is 0.725. The SMILES string of the molecule is CC(C)CC(C)OC(=O)c1csc(-c2ccc3c(c2)OCO3)n1. The van der Waals surface area contributed by atoms with Crippen LogP contribution in [0.5, 0.6) is 11.5 Å². The van der Waals surface area contributed by atoms with Gasteiger partial charge in [-0.25, -0.2) is 9.78 Å². The molecule has 0 aliphatic carbocycles. The minimum absolute atomic E-state index is 0.113. The second-order valence-electron chi connectivity index (χ2n) is 5.95. The van der Waals surface area contributed by atoms with Gasteiger partial charge in [0.15, 0.2) is 17.2 Å². The van der Waals surface area contributed by atoms with E-state index in [1.807, 2.05) is 25.1 Å². The maximum Gasteiger partial charge on any atom is 0.358 e. The number of rotatable bonds is 5. The molecule has 122 valence electrons. The van der Waals surface area contributed by atoms with Crippen molar-refractivity contribution in [1.82, 2.24) is 4.98 Å². The molecule has 3 rings (SSSR count). The third-order valence-electron chi connectivity index (χ3n) is 3.44. The Balaban J connectivity index is 1.71. The standard InChI is InChI=1S/C17H19NO4S/c1-10(2)6-11(3)22-17(19)13-8-23-16(18-13)12-4-5-14-15(7-12)21-9-20-14/h4-5,7-8,10-11H,6,9H2,1-3H3. The van der Waals surface area contributed by atoms with Crippen molar-refractivity contribution in [1.29, 1.82) is 0 Å². The zero-order chi connectivity index (χ0) is 16.4. The molecule has 0 bridgehead atoms. The van der Waals surface area contributed by atoms with E-state index in [0.29, 0.717) is 17.4 Å². The molecule has 5 nitrogen and oxygen atoms in total. The van der Waals surface area contributed by atoms with Crippen LogP contribution in [-0.2, 0) is 4.74 Å². The van der Waals surface area contributed by atoms with Gasteiger partial charge < -0.3 is 14.2 Å². The molecule has 0 saturated heterocycles. The monoisotopic (exact) mass is 333 g/mol. The average Bonchev–Trinajstić information content (AvgIpc) is 3.14. The molecule has 1 aromatic carbocycles. The minimum atomic E-state index is -0.374. The third-order valence-corrected chi connectivity index (χ3v) is 4.34. The Morgan fingerprint density at radius 3 is 2.87 bits per heavy atom. The number of ether oxygens (including phenoxy) is 3. The van der Waals surface area contributed by atoms with Gasteiger partial charge in [-0.3, -0.25) is 0 Å². The van der Waals surface area contributed by atoms with Crippen molar-refractivity contribution in [2.24, 2.45) is 5.92 Å². The molecule has 0 radical (unpaired) electrons. The van der Waals surface area contributed by atoms with Crippen LogP contribution in [0.1, 0.15) is 37.7 Å². The zero-order valence-corrected chi connectivity index (χ0v) is 14.2. The fourth-order valence-electron chi connectivity index (χ4n) is 2.48. The van der Waals surface area contributed by atoms with Crippen LogP contribution in [0, 0.1) is 5.92 Å². The zero-order valence-electron chi connectivity index (χ0n) is 13.4. The molecule has 1 aromatic heterocycles. The number of thiazole rings is 1. The van der Waals surface area contributed by atoms with Gasteiger partial charge in [-0.2, -0.15) is 0 Å². The molecule has 0 saturated carbocycles. The summed E-state index contributed by atoms with van der Waals surface area (Å²) < 4.78 is 16.1. The lowest BCUT2D eigenvalue weighted by atomic mass is 10.1. The van der Waals surface area contributed by atoms with Crippen LogP contribution in [0.3, 0.4) is 0 Å². The fourth-order valence-corrected chi connectivity index (χ4v) is 3.27. The summed E-state index contributed by atoms with van der Waals surface area (Å²) in [6.45, 7) is 6.35. The molecular weight excluding hydrogens is 314 g/mol. The van der Waals surface area contributed by atoms with Crippen molar-refractivity contribution in [2.75, 3.05) is 6.79 Å². The highest BCUT2D eigenvalue weighted by Crippen LogP contribution is 2.36. The van der Waals surface area contributed by atoms with Gasteiger partial charge in [-0.15, -0.1) is 11.3 Å². The molecule has 0 N–H and O–H groups in total. The van der Waals surface area contributed by atoms with Gasteiger partial charge in [-0.05, 0) is 37.5 Å². The van der Waals surface area contributed by atoms with Gasteiger partial charge in [0.2, 0.25) is 6.79 Å². The highest BCUT2D eigenvalue weighted by Gasteiger charge is 2.19. The van der Waals surface area contributed by atoms with Crippen LogP contribution in [0.4, 0.5) is 0 Å². The largest absolute Gasteiger partial charge is 0.458 e. The Bertz CT molecular complexity index is 710. The second kappa shape index (κ2) is 6.58. The van der Waals surface area contributed by atoms with Crippen LogP contribution in [0.2, 0.25) is 0 Å². The summed E-state index contributed by atoms with van der Waals surface area (Å²) in [6, 6.07) is 5.63. The van der Waals surface area contributed by atoms with Crippen molar-refractivity contribution in [3.63, 3.8) is 0 Å². The third kappa shape index (κ3) is 3.64. The van der Waals surface area contributed by atoms with Crippen molar-refractivity contribution in [3.05, 3.63) is 29.3 Å². The Morgan fingerprint density at radius 1 is 1.30 bits per heavy atom. The first-order valence-electron chi connectivity index (χ1n) is 7.59. The van der Waals surface area contributed by atoms with Crippen molar-refractivity contribution in [2.45, 2.75) is 33.3 Å². The van der Waals surface area contributed by atoms with Crippen LogP contribution in [-0.4, -0.2) is 23.9 Å². The number of esters is 1. The lowest BCUT2D eigenvalue weighted by Crippen LogP contribution is -2.17. The molecule has 1 aliphatic heterocycles. The van der Waals surface area contributed by atoms with E-state index in [2.05, 4.69) is 18.8 Å². The normalized spacial score (nSPS) is 14.1. The molecule has 23 heavy (non-hydrogen) atoms. The Hall–Kier alpha value is -2.08. The number of hydrogen-bond donors (Lipinski definition) is 0. The molecule has 0 fully saturated rings. The van der Waals surface area contributed by atoms with E-state index in [-0.39, 0.29) is 18.9 Å². The average molecular weight is 333 g/mol. The summed E-state index contributed by atoms with van der Waals surface area (Å²) in [4.78, 5) is 16.5. The van der Waals surface area contributed by atoms with Crippen LogP contribution < -0.4 is 9.47 Å². The van der Waals surface area contributed by atoms with Gasteiger partial charge >= 0.3 is 5.97 Å². The van der Waals surface area contributed by atoms with Crippen molar-refractivity contribution >= 4 is 17.3 Å². The number of nitrogens with zero attached hydrogens (tertiary/aromatic N) is 1.